The van der Waals surface area contributed by atoms with E-state index in [9.17, 15) is 4.79 Å². The lowest BCUT2D eigenvalue weighted by Gasteiger charge is -2.09. The molecule has 1 N–H and O–H groups in total. The zero-order chi connectivity index (χ0) is 17.7. The second-order valence-electron chi connectivity index (χ2n) is 6.51. The minimum atomic E-state index is 0.0451. The van der Waals surface area contributed by atoms with Crippen molar-refractivity contribution in [2.45, 2.75) is 52.0 Å². The van der Waals surface area contributed by atoms with Crippen molar-refractivity contribution < 1.29 is 4.79 Å². The van der Waals surface area contributed by atoms with Crippen LogP contribution >= 0.6 is 11.8 Å². The number of hydrogen-bond donors (Lipinski definition) is 1. The summed E-state index contributed by atoms with van der Waals surface area (Å²) in [5.74, 6) is 0.603. The van der Waals surface area contributed by atoms with Crippen LogP contribution in [0.3, 0.4) is 0 Å². The van der Waals surface area contributed by atoms with Gasteiger partial charge in [0.2, 0.25) is 5.91 Å². The summed E-state index contributed by atoms with van der Waals surface area (Å²) in [4.78, 5) is 13.4. The van der Waals surface area contributed by atoms with Crippen molar-refractivity contribution in [2.75, 3.05) is 11.6 Å². The van der Waals surface area contributed by atoms with E-state index in [4.69, 9.17) is 0 Å². The Bertz CT molecular complexity index is 707. The standard InChI is InChI=1S/C19H27N3OS/c1-13(2)12-22-15(4)18(14(3)21-22)9-10-19(23)20-16-7-6-8-17(11-16)24-5/h6-8,11,13H,9-10,12H2,1-5H3,(H,20,23). The fourth-order valence-corrected chi connectivity index (χ4v) is 3.24. The Hall–Kier alpha value is -1.75. The summed E-state index contributed by atoms with van der Waals surface area (Å²) >= 11 is 1.67. The average Bonchev–Trinajstić information content (AvgIpc) is 2.79. The van der Waals surface area contributed by atoms with Gasteiger partial charge in [0.1, 0.15) is 0 Å². The number of aryl methyl sites for hydroxylation is 1. The summed E-state index contributed by atoms with van der Waals surface area (Å²) in [6.45, 7) is 9.41. The van der Waals surface area contributed by atoms with Crippen LogP contribution in [0, 0.1) is 19.8 Å². The Labute approximate surface area is 149 Å². The highest BCUT2D eigenvalue weighted by atomic mass is 32.2. The molecule has 0 saturated heterocycles. The molecule has 2 aromatic rings. The smallest absolute Gasteiger partial charge is 0.224 e. The molecule has 0 atom stereocenters. The van der Waals surface area contributed by atoms with E-state index in [1.165, 1.54) is 11.3 Å². The molecule has 0 radical (unpaired) electrons. The minimum Gasteiger partial charge on any atom is -0.326 e. The highest BCUT2D eigenvalue weighted by molar-refractivity contribution is 7.98. The zero-order valence-corrected chi connectivity index (χ0v) is 16.0. The normalized spacial score (nSPS) is 11.1. The van der Waals surface area contributed by atoms with E-state index in [2.05, 4.69) is 35.9 Å². The molecular weight excluding hydrogens is 318 g/mol. The molecule has 0 fully saturated rings. The van der Waals surface area contributed by atoms with E-state index >= 15 is 0 Å². The topological polar surface area (TPSA) is 46.9 Å². The summed E-state index contributed by atoms with van der Waals surface area (Å²) in [7, 11) is 0. The minimum absolute atomic E-state index is 0.0451. The molecule has 1 aromatic heterocycles. The molecule has 0 bridgehead atoms. The molecular formula is C19H27N3OS. The highest BCUT2D eigenvalue weighted by Crippen LogP contribution is 2.20. The van der Waals surface area contributed by atoms with E-state index < -0.39 is 0 Å². The second-order valence-corrected chi connectivity index (χ2v) is 7.39. The molecule has 0 saturated carbocycles. The molecule has 130 valence electrons. The van der Waals surface area contributed by atoms with Crippen molar-refractivity contribution in [3.63, 3.8) is 0 Å². The molecule has 0 spiro atoms. The van der Waals surface area contributed by atoms with Crippen molar-refractivity contribution in [2.24, 2.45) is 5.92 Å². The van der Waals surface area contributed by atoms with E-state index in [-0.39, 0.29) is 5.91 Å². The largest absolute Gasteiger partial charge is 0.326 e. The van der Waals surface area contributed by atoms with Crippen LogP contribution in [0.4, 0.5) is 5.69 Å². The molecule has 1 aromatic carbocycles. The Morgan fingerprint density at radius 1 is 1.33 bits per heavy atom. The van der Waals surface area contributed by atoms with E-state index in [0.29, 0.717) is 12.3 Å². The van der Waals surface area contributed by atoms with Crippen molar-refractivity contribution in [1.82, 2.24) is 9.78 Å². The number of carbonyl (C=O) groups is 1. The maximum atomic E-state index is 12.2. The molecule has 5 heteroatoms. The van der Waals surface area contributed by atoms with E-state index in [1.54, 1.807) is 11.8 Å². The number of hydrogen-bond acceptors (Lipinski definition) is 3. The van der Waals surface area contributed by atoms with Gasteiger partial charge < -0.3 is 5.32 Å². The molecule has 4 nitrogen and oxygen atoms in total. The highest BCUT2D eigenvalue weighted by Gasteiger charge is 2.14. The maximum absolute atomic E-state index is 12.2. The number of benzene rings is 1. The first-order valence-corrected chi connectivity index (χ1v) is 9.60. The van der Waals surface area contributed by atoms with Crippen LogP contribution in [-0.4, -0.2) is 21.9 Å². The number of amides is 1. The number of thioether (sulfide) groups is 1. The summed E-state index contributed by atoms with van der Waals surface area (Å²) < 4.78 is 2.06. The Morgan fingerprint density at radius 2 is 2.08 bits per heavy atom. The third-order valence-electron chi connectivity index (χ3n) is 4.02. The molecule has 1 amide bonds. The van der Waals surface area contributed by atoms with Crippen LogP contribution in [0.5, 0.6) is 0 Å². The number of rotatable bonds is 7. The lowest BCUT2D eigenvalue weighted by molar-refractivity contribution is -0.116. The molecule has 24 heavy (non-hydrogen) atoms. The van der Waals surface area contributed by atoms with Gasteiger partial charge in [0.25, 0.3) is 0 Å². The van der Waals surface area contributed by atoms with Gasteiger partial charge in [-0.15, -0.1) is 11.8 Å². The van der Waals surface area contributed by atoms with E-state index in [0.717, 1.165) is 29.2 Å². The third kappa shape index (κ3) is 4.87. The summed E-state index contributed by atoms with van der Waals surface area (Å²) in [5.41, 5.74) is 4.27. The van der Waals surface area contributed by atoms with Gasteiger partial charge >= 0.3 is 0 Å². The Morgan fingerprint density at radius 3 is 2.75 bits per heavy atom. The average molecular weight is 346 g/mol. The number of anilines is 1. The lowest BCUT2D eigenvalue weighted by Crippen LogP contribution is -2.13. The predicted molar refractivity (Wildman–Crippen MR) is 102 cm³/mol. The Balaban J connectivity index is 1.97. The lowest BCUT2D eigenvalue weighted by atomic mass is 10.1. The molecule has 0 unspecified atom stereocenters. The van der Waals surface area contributed by atoms with Gasteiger partial charge in [0, 0.05) is 29.2 Å². The van der Waals surface area contributed by atoms with Gasteiger partial charge in [-0.2, -0.15) is 5.10 Å². The summed E-state index contributed by atoms with van der Waals surface area (Å²) in [5, 5.41) is 7.60. The van der Waals surface area contributed by atoms with Crippen LogP contribution < -0.4 is 5.32 Å². The third-order valence-corrected chi connectivity index (χ3v) is 4.75. The molecule has 1 heterocycles. The fraction of sp³-hybridized carbons (Fsp3) is 0.474. The van der Waals surface area contributed by atoms with Crippen molar-refractivity contribution >= 4 is 23.4 Å². The van der Waals surface area contributed by atoms with E-state index in [1.807, 2.05) is 37.4 Å². The second kappa shape index (κ2) is 8.38. The van der Waals surface area contributed by atoms with Gasteiger partial charge in [-0.1, -0.05) is 19.9 Å². The van der Waals surface area contributed by atoms with Gasteiger partial charge in [0.15, 0.2) is 0 Å². The predicted octanol–water partition coefficient (Wildman–Crippen LogP) is 4.45. The number of nitrogens with one attached hydrogen (secondary N) is 1. The molecule has 2 rings (SSSR count). The first-order chi connectivity index (χ1) is 11.4. The van der Waals surface area contributed by atoms with Crippen LogP contribution in [0.2, 0.25) is 0 Å². The first-order valence-electron chi connectivity index (χ1n) is 8.37. The van der Waals surface area contributed by atoms with Crippen molar-refractivity contribution in [3.05, 3.63) is 41.2 Å². The monoisotopic (exact) mass is 345 g/mol. The van der Waals surface area contributed by atoms with Gasteiger partial charge in [-0.05, 0) is 56.2 Å². The van der Waals surface area contributed by atoms with Crippen molar-refractivity contribution in [3.8, 4) is 0 Å². The first kappa shape index (κ1) is 18.6. The SMILES string of the molecule is CSc1cccc(NC(=O)CCc2c(C)nn(CC(C)C)c2C)c1. The Kier molecular flexibility index (Phi) is 6.49. The van der Waals surface area contributed by atoms with Gasteiger partial charge in [-0.3, -0.25) is 9.48 Å². The number of carbonyl (C=O) groups excluding carboxylic acids is 1. The molecule has 0 aliphatic heterocycles. The quantitative estimate of drug-likeness (QED) is 0.754. The fourth-order valence-electron chi connectivity index (χ4n) is 2.78. The van der Waals surface area contributed by atoms with Crippen LogP contribution in [0.25, 0.3) is 0 Å². The van der Waals surface area contributed by atoms with Crippen LogP contribution in [0.1, 0.15) is 37.2 Å². The molecule has 0 aliphatic carbocycles. The van der Waals surface area contributed by atoms with Crippen molar-refractivity contribution in [1.29, 1.82) is 0 Å². The number of aromatic nitrogens is 2. The van der Waals surface area contributed by atoms with Gasteiger partial charge in [-0.25, -0.2) is 0 Å². The molecule has 0 aliphatic rings. The summed E-state index contributed by atoms with van der Waals surface area (Å²) in [6, 6.07) is 7.93. The van der Waals surface area contributed by atoms with Gasteiger partial charge in [0.05, 0.1) is 5.69 Å². The number of nitrogens with zero attached hydrogens (tertiary/aromatic N) is 2. The zero-order valence-electron chi connectivity index (χ0n) is 15.2. The van der Waals surface area contributed by atoms with Crippen LogP contribution in [0.15, 0.2) is 29.2 Å². The maximum Gasteiger partial charge on any atom is 0.224 e. The summed E-state index contributed by atoms with van der Waals surface area (Å²) in [6.07, 6.45) is 3.23. The van der Waals surface area contributed by atoms with Crippen LogP contribution in [-0.2, 0) is 17.8 Å².